The number of carbonyl (C=O) groups is 1. The maximum atomic E-state index is 12.4. The quantitative estimate of drug-likeness (QED) is 0.764. The molecule has 1 aliphatic carbocycles. The molecule has 1 N–H and O–H groups in total. The molecule has 1 saturated heterocycles. The van der Waals surface area contributed by atoms with Crippen LogP contribution in [0.3, 0.4) is 0 Å². The van der Waals surface area contributed by atoms with E-state index in [0.717, 1.165) is 44.1 Å². The first kappa shape index (κ1) is 16.8. The fourth-order valence-electron chi connectivity index (χ4n) is 4.20. The second kappa shape index (κ2) is 7.10. The molecule has 122 valence electrons. The number of ether oxygens (including phenoxy) is 1. The van der Waals surface area contributed by atoms with Crippen molar-refractivity contribution < 1.29 is 9.53 Å². The molecular formula is C17H32N2O2. The molecule has 1 heterocycles. The number of esters is 1. The third-order valence-electron chi connectivity index (χ3n) is 5.76. The molecule has 0 amide bonds. The normalized spacial score (nSPS) is 37.0. The fraction of sp³-hybridized carbons (Fsp3) is 0.941. The van der Waals surface area contributed by atoms with Crippen LogP contribution < -0.4 is 5.32 Å². The highest BCUT2D eigenvalue weighted by Gasteiger charge is 2.48. The summed E-state index contributed by atoms with van der Waals surface area (Å²) in [6, 6.07) is 0. The van der Waals surface area contributed by atoms with Gasteiger partial charge in [0, 0.05) is 13.1 Å². The smallest absolute Gasteiger partial charge is 0.326 e. The third-order valence-corrected chi connectivity index (χ3v) is 5.76. The van der Waals surface area contributed by atoms with Crippen molar-refractivity contribution >= 4 is 5.97 Å². The summed E-state index contributed by atoms with van der Waals surface area (Å²) in [7, 11) is 1.91. The van der Waals surface area contributed by atoms with Crippen LogP contribution in [0, 0.1) is 17.8 Å². The average molecular weight is 296 g/mol. The van der Waals surface area contributed by atoms with Crippen molar-refractivity contribution in [1.29, 1.82) is 0 Å². The molecule has 0 spiro atoms. The molecule has 4 heteroatoms. The van der Waals surface area contributed by atoms with Crippen LogP contribution in [0.25, 0.3) is 0 Å². The van der Waals surface area contributed by atoms with Crippen LogP contribution in [-0.4, -0.2) is 49.7 Å². The largest absolute Gasteiger partial charge is 0.465 e. The van der Waals surface area contributed by atoms with Crippen LogP contribution in [0.15, 0.2) is 0 Å². The van der Waals surface area contributed by atoms with Crippen LogP contribution in [0.2, 0.25) is 0 Å². The standard InChI is InChI=1S/C17H32N2O2/c1-5-21-16(20)17(18-4)9-6-7-15(17)8-10-19-11-13(2)14(3)12-19/h13-15,18H,5-12H2,1-4H3. The summed E-state index contributed by atoms with van der Waals surface area (Å²) < 4.78 is 5.34. The first-order valence-electron chi connectivity index (χ1n) is 8.62. The minimum absolute atomic E-state index is 0.0434. The molecule has 2 fully saturated rings. The number of hydrogen-bond donors (Lipinski definition) is 1. The van der Waals surface area contributed by atoms with Crippen LogP contribution in [-0.2, 0) is 9.53 Å². The van der Waals surface area contributed by atoms with Crippen LogP contribution in [0.1, 0.15) is 46.5 Å². The van der Waals surface area contributed by atoms with Gasteiger partial charge in [-0.1, -0.05) is 20.3 Å². The Hall–Kier alpha value is -0.610. The maximum Gasteiger partial charge on any atom is 0.326 e. The van der Waals surface area contributed by atoms with Gasteiger partial charge in [0.15, 0.2) is 0 Å². The molecule has 4 atom stereocenters. The number of hydrogen-bond acceptors (Lipinski definition) is 4. The number of rotatable bonds is 6. The Morgan fingerprint density at radius 2 is 2.00 bits per heavy atom. The molecule has 0 aromatic carbocycles. The van der Waals surface area contributed by atoms with E-state index in [0.29, 0.717) is 12.5 Å². The molecule has 0 aromatic heterocycles. The van der Waals surface area contributed by atoms with Crippen molar-refractivity contribution in [1.82, 2.24) is 10.2 Å². The molecule has 0 aromatic rings. The lowest BCUT2D eigenvalue weighted by Gasteiger charge is -2.33. The van der Waals surface area contributed by atoms with E-state index in [4.69, 9.17) is 4.74 Å². The van der Waals surface area contributed by atoms with Crippen molar-refractivity contribution in [2.24, 2.45) is 17.8 Å². The van der Waals surface area contributed by atoms with E-state index in [-0.39, 0.29) is 5.97 Å². The summed E-state index contributed by atoms with van der Waals surface area (Å²) in [4.78, 5) is 15.0. The zero-order valence-electron chi connectivity index (χ0n) is 14.2. The molecule has 4 nitrogen and oxygen atoms in total. The monoisotopic (exact) mass is 296 g/mol. The Bertz CT molecular complexity index is 351. The van der Waals surface area contributed by atoms with Crippen LogP contribution in [0.5, 0.6) is 0 Å². The second-order valence-electron chi connectivity index (χ2n) is 7.03. The van der Waals surface area contributed by atoms with Crippen molar-refractivity contribution in [3.05, 3.63) is 0 Å². The number of carbonyl (C=O) groups excluding carboxylic acids is 1. The minimum atomic E-state index is -0.438. The van der Waals surface area contributed by atoms with Crippen LogP contribution in [0.4, 0.5) is 0 Å². The first-order chi connectivity index (χ1) is 10.0. The van der Waals surface area contributed by atoms with Crippen molar-refractivity contribution in [2.75, 3.05) is 33.3 Å². The van der Waals surface area contributed by atoms with E-state index in [9.17, 15) is 4.79 Å². The zero-order valence-corrected chi connectivity index (χ0v) is 14.2. The van der Waals surface area contributed by atoms with Gasteiger partial charge in [0.25, 0.3) is 0 Å². The summed E-state index contributed by atoms with van der Waals surface area (Å²) in [5.74, 6) is 1.96. The number of likely N-dealkylation sites (tertiary alicyclic amines) is 1. The van der Waals surface area contributed by atoms with Gasteiger partial charge in [-0.3, -0.25) is 4.79 Å². The van der Waals surface area contributed by atoms with Gasteiger partial charge < -0.3 is 15.0 Å². The van der Waals surface area contributed by atoms with Gasteiger partial charge in [-0.2, -0.15) is 0 Å². The SMILES string of the molecule is CCOC(=O)C1(NC)CCCC1CCN1CC(C)C(C)C1. The summed E-state index contributed by atoms with van der Waals surface area (Å²) >= 11 is 0. The lowest BCUT2D eigenvalue weighted by atomic mass is 9.84. The van der Waals surface area contributed by atoms with Gasteiger partial charge in [-0.05, 0) is 57.5 Å². The summed E-state index contributed by atoms with van der Waals surface area (Å²) in [6.07, 6.45) is 4.27. The summed E-state index contributed by atoms with van der Waals surface area (Å²) in [5.41, 5.74) is -0.438. The van der Waals surface area contributed by atoms with Crippen LogP contribution >= 0.6 is 0 Å². The van der Waals surface area contributed by atoms with Crippen molar-refractivity contribution in [3.63, 3.8) is 0 Å². The third kappa shape index (κ3) is 3.42. The maximum absolute atomic E-state index is 12.4. The van der Waals surface area contributed by atoms with E-state index in [1.807, 2.05) is 14.0 Å². The topological polar surface area (TPSA) is 41.6 Å². The Morgan fingerprint density at radius 1 is 1.33 bits per heavy atom. The first-order valence-corrected chi connectivity index (χ1v) is 8.62. The Kier molecular flexibility index (Phi) is 5.67. The van der Waals surface area contributed by atoms with Gasteiger partial charge in [0.05, 0.1) is 6.61 Å². The molecule has 1 saturated carbocycles. The molecule has 2 rings (SSSR count). The second-order valence-corrected chi connectivity index (χ2v) is 7.03. The number of nitrogens with one attached hydrogen (secondary N) is 1. The summed E-state index contributed by atoms with van der Waals surface area (Å²) in [6.45, 7) is 10.6. The molecule has 2 aliphatic rings. The molecule has 0 radical (unpaired) electrons. The van der Waals surface area contributed by atoms with Gasteiger partial charge in [0.2, 0.25) is 0 Å². The van der Waals surface area contributed by atoms with E-state index in [2.05, 4.69) is 24.1 Å². The molecule has 4 unspecified atom stereocenters. The van der Waals surface area contributed by atoms with Gasteiger partial charge in [-0.15, -0.1) is 0 Å². The lowest BCUT2D eigenvalue weighted by molar-refractivity contribution is -0.153. The summed E-state index contributed by atoms with van der Waals surface area (Å²) in [5, 5.41) is 3.31. The predicted octanol–water partition coefficient (Wildman–Crippen LogP) is 2.29. The van der Waals surface area contributed by atoms with Gasteiger partial charge >= 0.3 is 5.97 Å². The van der Waals surface area contributed by atoms with Crippen molar-refractivity contribution in [3.8, 4) is 0 Å². The Balaban J connectivity index is 1.93. The van der Waals surface area contributed by atoms with Gasteiger partial charge in [-0.25, -0.2) is 0 Å². The highest BCUT2D eigenvalue weighted by atomic mass is 16.5. The Labute approximate surface area is 129 Å². The predicted molar refractivity (Wildman–Crippen MR) is 85.1 cm³/mol. The minimum Gasteiger partial charge on any atom is -0.465 e. The Morgan fingerprint density at radius 3 is 2.57 bits per heavy atom. The van der Waals surface area contributed by atoms with E-state index >= 15 is 0 Å². The highest BCUT2D eigenvalue weighted by Crippen LogP contribution is 2.39. The van der Waals surface area contributed by atoms with E-state index in [1.165, 1.54) is 13.1 Å². The molecular weight excluding hydrogens is 264 g/mol. The van der Waals surface area contributed by atoms with E-state index < -0.39 is 5.54 Å². The molecule has 1 aliphatic heterocycles. The zero-order chi connectivity index (χ0) is 15.5. The highest BCUT2D eigenvalue weighted by molar-refractivity contribution is 5.81. The lowest BCUT2D eigenvalue weighted by Crippen LogP contribution is -2.54. The fourth-order valence-corrected chi connectivity index (χ4v) is 4.20. The van der Waals surface area contributed by atoms with E-state index in [1.54, 1.807) is 0 Å². The average Bonchev–Trinajstić information content (AvgIpc) is 3.01. The number of nitrogens with zero attached hydrogens (tertiary/aromatic N) is 1. The van der Waals surface area contributed by atoms with Crippen molar-refractivity contribution in [2.45, 2.75) is 52.0 Å². The number of likely N-dealkylation sites (N-methyl/N-ethyl adjacent to an activating group) is 1. The molecule has 0 bridgehead atoms. The molecule has 21 heavy (non-hydrogen) atoms. The van der Waals surface area contributed by atoms with Gasteiger partial charge in [0.1, 0.15) is 5.54 Å².